The molecule has 1 amide bonds. The molecule has 0 spiro atoms. The first-order valence-electron chi connectivity index (χ1n) is 7.19. The van der Waals surface area contributed by atoms with E-state index in [0.717, 1.165) is 25.6 Å². The number of para-hydroxylation sites is 1. The van der Waals surface area contributed by atoms with Gasteiger partial charge in [0.2, 0.25) is 0 Å². The Labute approximate surface area is 120 Å². The van der Waals surface area contributed by atoms with Gasteiger partial charge in [-0.05, 0) is 31.0 Å². The van der Waals surface area contributed by atoms with E-state index in [1.54, 1.807) is 18.2 Å². The van der Waals surface area contributed by atoms with Gasteiger partial charge in [0.1, 0.15) is 12.4 Å². The van der Waals surface area contributed by atoms with E-state index in [2.05, 4.69) is 17.2 Å². The number of nitrogen functional groups attached to an aromatic ring is 1. The maximum absolute atomic E-state index is 11.6. The summed E-state index contributed by atoms with van der Waals surface area (Å²) in [4.78, 5) is 14.0. The number of carbonyl (C=O) groups is 1. The minimum absolute atomic E-state index is 0.326. The molecule has 1 aliphatic rings. The van der Waals surface area contributed by atoms with Gasteiger partial charge >= 0.3 is 0 Å². The topological polar surface area (TPSA) is 67.6 Å². The summed E-state index contributed by atoms with van der Waals surface area (Å²) in [6, 6.07) is 7.15. The molecule has 5 nitrogen and oxygen atoms in total. The Balaban J connectivity index is 1.84. The van der Waals surface area contributed by atoms with Crippen molar-refractivity contribution in [2.24, 2.45) is 11.8 Å². The van der Waals surface area contributed by atoms with Crippen LogP contribution in [0.4, 0.5) is 0 Å². The van der Waals surface area contributed by atoms with Crippen LogP contribution in [0.1, 0.15) is 30.1 Å². The Kier molecular flexibility index (Phi) is 5.38. The van der Waals surface area contributed by atoms with E-state index in [1.807, 2.05) is 6.07 Å². The minimum Gasteiger partial charge on any atom is -0.491 e. The number of likely N-dealkylation sites (tertiary alicyclic amines) is 1. The highest BCUT2D eigenvalue weighted by Gasteiger charge is 2.20. The van der Waals surface area contributed by atoms with Gasteiger partial charge in [-0.2, -0.15) is 0 Å². The van der Waals surface area contributed by atoms with Crippen LogP contribution >= 0.6 is 0 Å². The molecule has 1 heterocycles. The molecule has 1 fully saturated rings. The van der Waals surface area contributed by atoms with Crippen LogP contribution in [0.2, 0.25) is 0 Å². The van der Waals surface area contributed by atoms with Crippen LogP contribution in [0.3, 0.4) is 0 Å². The van der Waals surface area contributed by atoms with Crippen molar-refractivity contribution < 1.29 is 9.53 Å². The van der Waals surface area contributed by atoms with Crippen LogP contribution < -0.4 is 16.0 Å². The quantitative estimate of drug-likeness (QED) is 0.468. The van der Waals surface area contributed by atoms with Crippen molar-refractivity contribution in [2.75, 3.05) is 26.2 Å². The highest BCUT2D eigenvalue weighted by atomic mass is 16.5. The molecule has 110 valence electrons. The van der Waals surface area contributed by atoms with Crippen molar-refractivity contribution in [3.63, 3.8) is 0 Å². The second-order valence-electron chi connectivity index (χ2n) is 5.18. The molecule has 0 aromatic heterocycles. The largest absolute Gasteiger partial charge is 0.491 e. The number of hydrogen-bond acceptors (Lipinski definition) is 4. The molecule has 3 N–H and O–H groups in total. The predicted octanol–water partition coefficient (Wildman–Crippen LogP) is 1.40. The zero-order valence-electron chi connectivity index (χ0n) is 12.0. The Hall–Kier alpha value is -1.59. The number of hydrazine groups is 1. The molecule has 1 atom stereocenters. The van der Waals surface area contributed by atoms with Crippen molar-refractivity contribution in [2.45, 2.75) is 19.8 Å². The van der Waals surface area contributed by atoms with Crippen molar-refractivity contribution in [1.29, 1.82) is 0 Å². The van der Waals surface area contributed by atoms with Gasteiger partial charge in [0.25, 0.3) is 5.91 Å². The molecule has 0 bridgehead atoms. The molecule has 20 heavy (non-hydrogen) atoms. The average molecular weight is 277 g/mol. The van der Waals surface area contributed by atoms with Gasteiger partial charge in [-0.3, -0.25) is 15.1 Å². The van der Waals surface area contributed by atoms with E-state index in [9.17, 15) is 4.79 Å². The molecule has 0 radical (unpaired) electrons. The van der Waals surface area contributed by atoms with Crippen molar-refractivity contribution >= 4 is 5.91 Å². The van der Waals surface area contributed by atoms with E-state index in [-0.39, 0.29) is 5.91 Å². The lowest BCUT2D eigenvalue weighted by Crippen LogP contribution is -2.31. The summed E-state index contributed by atoms with van der Waals surface area (Å²) in [5.74, 6) is 6.25. The fourth-order valence-corrected chi connectivity index (χ4v) is 2.59. The first-order valence-corrected chi connectivity index (χ1v) is 7.19. The van der Waals surface area contributed by atoms with Gasteiger partial charge in [-0.1, -0.05) is 25.5 Å². The lowest BCUT2D eigenvalue weighted by molar-refractivity contribution is 0.0949. The number of amides is 1. The van der Waals surface area contributed by atoms with Crippen LogP contribution in [-0.2, 0) is 0 Å². The normalized spacial score (nSPS) is 19.0. The molecule has 5 heteroatoms. The van der Waals surface area contributed by atoms with E-state index < -0.39 is 0 Å². The van der Waals surface area contributed by atoms with Crippen molar-refractivity contribution in [1.82, 2.24) is 10.3 Å². The van der Waals surface area contributed by atoms with E-state index in [0.29, 0.717) is 17.9 Å². The van der Waals surface area contributed by atoms with Crippen LogP contribution in [0, 0.1) is 5.92 Å². The lowest BCUT2D eigenvalue weighted by Gasteiger charge is -2.17. The zero-order valence-corrected chi connectivity index (χ0v) is 12.0. The Morgan fingerprint density at radius 1 is 1.50 bits per heavy atom. The van der Waals surface area contributed by atoms with Crippen molar-refractivity contribution in [3.05, 3.63) is 29.8 Å². The van der Waals surface area contributed by atoms with Crippen LogP contribution in [0.5, 0.6) is 5.75 Å². The molecular weight excluding hydrogens is 254 g/mol. The third-order valence-corrected chi connectivity index (χ3v) is 3.88. The molecule has 1 aromatic rings. The molecule has 1 saturated heterocycles. The maximum Gasteiger partial charge on any atom is 0.268 e. The van der Waals surface area contributed by atoms with Crippen LogP contribution in [0.25, 0.3) is 0 Å². The Morgan fingerprint density at radius 3 is 3.00 bits per heavy atom. The summed E-state index contributed by atoms with van der Waals surface area (Å²) in [5.41, 5.74) is 2.61. The first-order chi connectivity index (χ1) is 9.74. The second-order valence-corrected chi connectivity index (χ2v) is 5.18. The number of carbonyl (C=O) groups excluding carboxylic acids is 1. The molecule has 0 aliphatic carbocycles. The third kappa shape index (κ3) is 3.71. The smallest absolute Gasteiger partial charge is 0.268 e. The molecule has 1 unspecified atom stereocenters. The fourth-order valence-electron chi connectivity index (χ4n) is 2.59. The highest BCUT2D eigenvalue weighted by Crippen LogP contribution is 2.20. The first kappa shape index (κ1) is 14.8. The standard InChI is InChI=1S/C15H23N3O2/c1-2-12-7-8-18(11-12)9-10-20-14-6-4-3-5-13(14)15(19)17-16/h3-6,12H,2,7-11,16H2,1H3,(H,17,19). The maximum atomic E-state index is 11.6. The van der Waals surface area contributed by atoms with E-state index in [1.165, 1.54) is 12.8 Å². The lowest BCUT2D eigenvalue weighted by atomic mass is 10.1. The van der Waals surface area contributed by atoms with Gasteiger partial charge in [-0.25, -0.2) is 5.84 Å². The van der Waals surface area contributed by atoms with Gasteiger partial charge in [0.05, 0.1) is 5.56 Å². The second kappa shape index (κ2) is 7.26. The summed E-state index contributed by atoms with van der Waals surface area (Å²) in [7, 11) is 0. The number of benzene rings is 1. The van der Waals surface area contributed by atoms with Gasteiger partial charge in [0.15, 0.2) is 0 Å². The summed E-state index contributed by atoms with van der Waals surface area (Å²) in [6.07, 6.45) is 2.53. The number of nitrogens with two attached hydrogens (primary N) is 1. The Morgan fingerprint density at radius 2 is 2.30 bits per heavy atom. The minimum atomic E-state index is -0.326. The Bertz CT molecular complexity index is 450. The molecule has 1 aromatic carbocycles. The highest BCUT2D eigenvalue weighted by molar-refractivity contribution is 5.96. The van der Waals surface area contributed by atoms with Gasteiger partial charge < -0.3 is 4.74 Å². The number of ether oxygens (including phenoxy) is 1. The number of nitrogens with one attached hydrogen (secondary N) is 1. The summed E-state index contributed by atoms with van der Waals surface area (Å²) in [5, 5.41) is 0. The van der Waals surface area contributed by atoms with E-state index in [4.69, 9.17) is 10.6 Å². The van der Waals surface area contributed by atoms with Crippen LogP contribution in [-0.4, -0.2) is 37.0 Å². The van der Waals surface area contributed by atoms with Crippen LogP contribution in [0.15, 0.2) is 24.3 Å². The number of hydrogen-bond donors (Lipinski definition) is 2. The van der Waals surface area contributed by atoms with Gasteiger partial charge in [-0.15, -0.1) is 0 Å². The van der Waals surface area contributed by atoms with Gasteiger partial charge in [0, 0.05) is 13.1 Å². The SMILES string of the molecule is CCC1CCN(CCOc2ccccc2C(=O)NN)C1. The summed E-state index contributed by atoms with van der Waals surface area (Å²) < 4.78 is 5.73. The fraction of sp³-hybridized carbons (Fsp3) is 0.533. The third-order valence-electron chi connectivity index (χ3n) is 3.88. The van der Waals surface area contributed by atoms with Crippen molar-refractivity contribution in [3.8, 4) is 5.75 Å². The average Bonchev–Trinajstić information content (AvgIpc) is 2.95. The number of rotatable bonds is 6. The zero-order chi connectivity index (χ0) is 14.4. The predicted molar refractivity (Wildman–Crippen MR) is 78.4 cm³/mol. The molecule has 1 aliphatic heterocycles. The molecule has 2 rings (SSSR count). The summed E-state index contributed by atoms with van der Waals surface area (Å²) >= 11 is 0. The molecular formula is C15H23N3O2. The van der Waals surface area contributed by atoms with E-state index >= 15 is 0 Å². The monoisotopic (exact) mass is 277 g/mol. The molecule has 0 saturated carbocycles. The number of nitrogens with zero attached hydrogens (tertiary/aromatic N) is 1. The summed E-state index contributed by atoms with van der Waals surface area (Å²) in [6.45, 7) is 6.03.